The Balaban J connectivity index is 1.77. The van der Waals surface area contributed by atoms with Crippen LogP contribution in [-0.2, 0) is 0 Å². The molecule has 0 radical (unpaired) electrons. The van der Waals surface area contributed by atoms with Crippen LogP contribution in [0.2, 0.25) is 0 Å². The number of rotatable bonds is 3. The number of hydrogen-bond acceptors (Lipinski definition) is 5. The Kier molecular flexibility index (Phi) is 2.92. The molecule has 0 bridgehead atoms. The molecule has 0 saturated heterocycles. The van der Waals surface area contributed by atoms with Crippen LogP contribution in [0.1, 0.15) is 34.1 Å². The van der Waals surface area contributed by atoms with E-state index in [1.807, 2.05) is 0 Å². The summed E-state index contributed by atoms with van der Waals surface area (Å²) in [4.78, 5) is 14.8. The quantitative estimate of drug-likeness (QED) is 0.847. The maximum atomic E-state index is 12.0. The van der Waals surface area contributed by atoms with E-state index in [1.54, 1.807) is 18.3 Å². The Morgan fingerprint density at radius 1 is 1.50 bits per heavy atom. The molecule has 92 valence electrons. The molecule has 1 aliphatic rings. The van der Waals surface area contributed by atoms with E-state index in [9.17, 15) is 4.79 Å². The van der Waals surface area contributed by atoms with E-state index >= 15 is 0 Å². The Hall–Kier alpha value is -1.60. The molecule has 5 nitrogen and oxygen atoms in total. The van der Waals surface area contributed by atoms with Gasteiger partial charge in [-0.05, 0) is 25.0 Å². The number of carbonyl (C=O) groups is 1. The molecule has 1 fully saturated rings. The van der Waals surface area contributed by atoms with E-state index in [2.05, 4.69) is 20.5 Å². The van der Waals surface area contributed by atoms with Crippen molar-refractivity contribution in [3.05, 3.63) is 33.5 Å². The molecule has 2 aromatic rings. The highest BCUT2D eigenvalue weighted by Gasteiger charge is 2.27. The molecule has 2 N–H and O–H groups in total. The van der Waals surface area contributed by atoms with Crippen molar-refractivity contribution in [3.63, 3.8) is 0 Å². The first-order valence-corrected chi connectivity index (χ1v) is 6.79. The smallest absolute Gasteiger partial charge is 0.260 e. The predicted octanol–water partition coefficient (Wildman–Crippen LogP) is 2.73. The number of anilines is 1. The van der Waals surface area contributed by atoms with Crippen LogP contribution in [0.5, 0.6) is 0 Å². The number of hydrogen-bond donors (Lipinski definition) is 2. The lowest BCUT2D eigenvalue weighted by molar-refractivity contribution is 0.102. The van der Waals surface area contributed by atoms with Gasteiger partial charge in [-0.3, -0.25) is 10.1 Å². The van der Waals surface area contributed by atoms with Crippen LogP contribution in [0.25, 0.3) is 0 Å². The van der Waals surface area contributed by atoms with Gasteiger partial charge in [0.25, 0.3) is 5.91 Å². The van der Waals surface area contributed by atoms with Gasteiger partial charge in [-0.1, -0.05) is 23.6 Å². The summed E-state index contributed by atoms with van der Waals surface area (Å²) in [5.41, 5.74) is 0.440. The van der Waals surface area contributed by atoms with Crippen LogP contribution in [0, 0.1) is 4.64 Å². The van der Waals surface area contributed by atoms with Crippen LogP contribution in [0.3, 0.4) is 0 Å². The zero-order chi connectivity index (χ0) is 12.5. The lowest BCUT2D eigenvalue weighted by Gasteiger charge is -2.00. The molecule has 0 atom stereocenters. The maximum absolute atomic E-state index is 12.0. The Labute approximate surface area is 112 Å². The zero-order valence-corrected chi connectivity index (χ0v) is 11.0. The Morgan fingerprint density at radius 2 is 2.33 bits per heavy atom. The second-order valence-corrected chi connectivity index (χ2v) is 5.50. The lowest BCUT2D eigenvalue weighted by atomic mass is 10.3. The first kappa shape index (κ1) is 11.5. The number of H-pyrrole nitrogens is 1. The Bertz CT molecular complexity index is 644. The van der Waals surface area contributed by atoms with Crippen molar-refractivity contribution in [2.75, 3.05) is 5.32 Å². The fourth-order valence-corrected chi connectivity index (χ4v) is 2.68. The van der Waals surface area contributed by atoms with Gasteiger partial charge in [-0.25, -0.2) is 0 Å². The standard InChI is InChI=1S/C11H10N4OS2/c16-8(7-2-1-5-12-9(7)17)13-11-15-14-10(18-11)6-3-4-6/h1-2,5-6H,3-4H2,(H,12,17)(H,13,15,16). The van der Waals surface area contributed by atoms with Gasteiger partial charge in [0.15, 0.2) is 0 Å². The molecule has 0 unspecified atom stereocenters. The summed E-state index contributed by atoms with van der Waals surface area (Å²) >= 11 is 6.49. The van der Waals surface area contributed by atoms with E-state index in [4.69, 9.17) is 12.2 Å². The van der Waals surface area contributed by atoms with Crippen LogP contribution in [0.4, 0.5) is 5.13 Å². The molecule has 1 aliphatic carbocycles. The van der Waals surface area contributed by atoms with Gasteiger partial charge >= 0.3 is 0 Å². The van der Waals surface area contributed by atoms with E-state index < -0.39 is 0 Å². The molecule has 1 saturated carbocycles. The van der Waals surface area contributed by atoms with Crippen molar-refractivity contribution in [3.8, 4) is 0 Å². The molecule has 2 heterocycles. The first-order valence-electron chi connectivity index (χ1n) is 5.56. The van der Waals surface area contributed by atoms with Crippen LogP contribution < -0.4 is 5.32 Å². The minimum Gasteiger partial charge on any atom is -0.352 e. The summed E-state index contributed by atoms with van der Waals surface area (Å²) in [5.74, 6) is 0.295. The van der Waals surface area contributed by atoms with Crippen molar-refractivity contribution in [2.45, 2.75) is 18.8 Å². The fourth-order valence-electron chi connectivity index (χ4n) is 1.55. The average Bonchev–Trinajstić information content (AvgIpc) is 3.11. The molecule has 0 aromatic carbocycles. The van der Waals surface area contributed by atoms with Crippen LogP contribution >= 0.6 is 23.6 Å². The van der Waals surface area contributed by atoms with Gasteiger partial charge in [0.1, 0.15) is 9.65 Å². The summed E-state index contributed by atoms with van der Waals surface area (Å²) < 4.78 is 0.418. The molecule has 2 aromatic heterocycles. The number of aromatic nitrogens is 3. The maximum Gasteiger partial charge on any atom is 0.260 e. The number of nitrogens with one attached hydrogen (secondary N) is 2. The van der Waals surface area contributed by atoms with E-state index in [1.165, 1.54) is 24.2 Å². The van der Waals surface area contributed by atoms with Gasteiger partial charge in [-0.15, -0.1) is 10.2 Å². The molecule has 7 heteroatoms. The molecule has 3 rings (SSSR count). The lowest BCUT2D eigenvalue weighted by Crippen LogP contribution is -2.12. The summed E-state index contributed by atoms with van der Waals surface area (Å²) in [6.45, 7) is 0. The zero-order valence-electron chi connectivity index (χ0n) is 9.34. The highest BCUT2D eigenvalue weighted by atomic mass is 32.1. The van der Waals surface area contributed by atoms with Crippen molar-refractivity contribution >= 4 is 34.6 Å². The third-order valence-corrected chi connectivity index (χ3v) is 3.99. The summed E-state index contributed by atoms with van der Waals surface area (Å²) in [7, 11) is 0. The second-order valence-electron chi connectivity index (χ2n) is 4.09. The SMILES string of the molecule is O=C(Nc1nnc(C2CC2)s1)c1ccc[nH]c1=S. The first-order chi connectivity index (χ1) is 8.74. The van der Waals surface area contributed by atoms with Crippen LogP contribution in [0.15, 0.2) is 18.3 Å². The number of amides is 1. The second kappa shape index (κ2) is 4.58. The minimum atomic E-state index is -0.254. The predicted molar refractivity (Wildman–Crippen MR) is 71.5 cm³/mol. The van der Waals surface area contributed by atoms with Gasteiger partial charge in [0, 0.05) is 12.1 Å². The molecule has 18 heavy (non-hydrogen) atoms. The van der Waals surface area contributed by atoms with Gasteiger partial charge in [0.2, 0.25) is 5.13 Å². The Morgan fingerprint density at radius 3 is 3.06 bits per heavy atom. The monoisotopic (exact) mass is 278 g/mol. The fraction of sp³-hybridized carbons (Fsp3) is 0.273. The molecular formula is C11H10N4OS2. The van der Waals surface area contributed by atoms with Gasteiger partial charge < -0.3 is 4.98 Å². The van der Waals surface area contributed by atoms with Crippen LogP contribution in [-0.4, -0.2) is 21.1 Å². The van der Waals surface area contributed by atoms with Crippen molar-refractivity contribution in [2.24, 2.45) is 0 Å². The minimum absolute atomic E-state index is 0.254. The third kappa shape index (κ3) is 2.32. The highest BCUT2D eigenvalue weighted by Crippen LogP contribution is 2.42. The largest absolute Gasteiger partial charge is 0.352 e. The summed E-state index contributed by atoms with van der Waals surface area (Å²) in [5, 5.41) is 12.3. The van der Waals surface area contributed by atoms with Gasteiger partial charge in [0.05, 0.1) is 5.56 Å². The number of nitrogens with zero attached hydrogens (tertiary/aromatic N) is 2. The summed E-state index contributed by atoms with van der Waals surface area (Å²) in [6, 6.07) is 3.41. The number of pyridine rings is 1. The van der Waals surface area contributed by atoms with Crippen molar-refractivity contribution in [1.29, 1.82) is 0 Å². The van der Waals surface area contributed by atoms with E-state index in [0.717, 1.165) is 5.01 Å². The third-order valence-electron chi connectivity index (χ3n) is 2.65. The topological polar surface area (TPSA) is 70.7 Å². The van der Waals surface area contributed by atoms with Crippen molar-refractivity contribution < 1.29 is 4.79 Å². The van der Waals surface area contributed by atoms with E-state index in [0.29, 0.717) is 21.3 Å². The average molecular weight is 278 g/mol. The number of carbonyl (C=O) groups excluding carboxylic acids is 1. The highest BCUT2D eigenvalue weighted by molar-refractivity contribution is 7.71. The summed E-state index contributed by atoms with van der Waals surface area (Å²) in [6.07, 6.45) is 4.04. The van der Waals surface area contributed by atoms with Gasteiger partial charge in [-0.2, -0.15) is 0 Å². The number of aromatic amines is 1. The van der Waals surface area contributed by atoms with E-state index in [-0.39, 0.29) is 5.91 Å². The molecule has 0 spiro atoms. The molecular weight excluding hydrogens is 268 g/mol. The normalized spacial score (nSPS) is 14.4. The molecule has 1 amide bonds. The van der Waals surface area contributed by atoms with Crippen molar-refractivity contribution in [1.82, 2.24) is 15.2 Å². The molecule has 0 aliphatic heterocycles.